The SMILES string of the molecule is CC(Br)C(=O)NCc1ccc(OCCN(C)C)cc1. The summed E-state index contributed by atoms with van der Waals surface area (Å²) in [6.07, 6.45) is 0. The third kappa shape index (κ3) is 6.59. The highest BCUT2D eigenvalue weighted by Gasteiger charge is 2.07. The number of hydrogen-bond acceptors (Lipinski definition) is 3. The monoisotopic (exact) mass is 328 g/mol. The minimum Gasteiger partial charge on any atom is -0.492 e. The molecule has 0 bridgehead atoms. The molecule has 0 heterocycles. The van der Waals surface area contributed by atoms with Crippen molar-refractivity contribution in [3.63, 3.8) is 0 Å². The molecular formula is C14H21BrN2O2. The van der Waals surface area contributed by atoms with Crippen LogP contribution in [0.1, 0.15) is 12.5 Å². The summed E-state index contributed by atoms with van der Waals surface area (Å²) in [5.74, 6) is 0.845. The molecule has 1 aromatic rings. The summed E-state index contributed by atoms with van der Waals surface area (Å²) in [5, 5.41) is 2.84. The first-order valence-corrected chi connectivity index (χ1v) is 7.19. The van der Waals surface area contributed by atoms with E-state index in [2.05, 4.69) is 26.1 Å². The lowest BCUT2D eigenvalue weighted by atomic mass is 10.2. The van der Waals surface area contributed by atoms with Crippen molar-refractivity contribution in [3.05, 3.63) is 29.8 Å². The first-order valence-electron chi connectivity index (χ1n) is 6.27. The van der Waals surface area contributed by atoms with E-state index < -0.39 is 0 Å². The molecule has 1 amide bonds. The molecule has 0 aliphatic heterocycles. The molecule has 106 valence electrons. The average Bonchev–Trinajstić information content (AvgIpc) is 2.37. The van der Waals surface area contributed by atoms with E-state index in [0.717, 1.165) is 17.9 Å². The molecular weight excluding hydrogens is 308 g/mol. The fourth-order valence-corrected chi connectivity index (χ4v) is 1.54. The minimum absolute atomic E-state index is 0.00805. The highest BCUT2D eigenvalue weighted by molar-refractivity contribution is 9.10. The molecule has 4 nitrogen and oxygen atoms in total. The van der Waals surface area contributed by atoms with Crippen LogP contribution in [0.2, 0.25) is 0 Å². The zero-order valence-corrected chi connectivity index (χ0v) is 13.2. The molecule has 1 unspecified atom stereocenters. The summed E-state index contributed by atoms with van der Waals surface area (Å²) in [7, 11) is 4.03. The van der Waals surface area contributed by atoms with E-state index in [4.69, 9.17) is 4.74 Å². The van der Waals surface area contributed by atoms with Crippen LogP contribution in [-0.2, 0) is 11.3 Å². The Morgan fingerprint density at radius 3 is 2.53 bits per heavy atom. The fraction of sp³-hybridized carbons (Fsp3) is 0.500. The molecule has 19 heavy (non-hydrogen) atoms. The van der Waals surface area contributed by atoms with Crippen LogP contribution in [0.3, 0.4) is 0 Å². The van der Waals surface area contributed by atoms with Gasteiger partial charge in [-0.05, 0) is 38.7 Å². The normalized spacial score (nSPS) is 12.3. The molecule has 0 aliphatic rings. The van der Waals surface area contributed by atoms with Crippen LogP contribution >= 0.6 is 15.9 Å². The van der Waals surface area contributed by atoms with Gasteiger partial charge >= 0.3 is 0 Å². The molecule has 1 rings (SSSR count). The van der Waals surface area contributed by atoms with Crippen molar-refractivity contribution in [3.8, 4) is 5.75 Å². The number of benzene rings is 1. The third-order valence-electron chi connectivity index (χ3n) is 2.56. The van der Waals surface area contributed by atoms with E-state index in [1.165, 1.54) is 0 Å². The van der Waals surface area contributed by atoms with Crippen molar-refractivity contribution in [2.75, 3.05) is 27.2 Å². The van der Waals surface area contributed by atoms with Crippen LogP contribution in [0, 0.1) is 0 Å². The zero-order valence-electron chi connectivity index (χ0n) is 11.6. The molecule has 0 radical (unpaired) electrons. The number of nitrogens with zero attached hydrogens (tertiary/aromatic N) is 1. The number of carbonyl (C=O) groups excluding carboxylic acids is 1. The summed E-state index contributed by atoms with van der Waals surface area (Å²) in [5.41, 5.74) is 1.06. The van der Waals surface area contributed by atoms with E-state index in [9.17, 15) is 4.79 Å². The van der Waals surface area contributed by atoms with Gasteiger partial charge in [-0.2, -0.15) is 0 Å². The van der Waals surface area contributed by atoms with Gasteiger partial charge in [-0.1, -0.05) is 28.1 Å². The number of hydrogen-bond donors (Lipinski definition) is 1. The van der Waals surface area contributed by atoms with E-state index in [0.29, 0.717) is 13.2 Å². The predicted octanol–water partition coefficient (Wildman–Crippen LogP) is 2.03. The van der Waals surface area contributed by atoms with Crippen LogP contribution in [0.4, 0.5) is 0 Å². The second-order valence-corrected chi connectivity index (χ2v) is 6.00. The highest BCUT2D eigenvalue weighted by Crippen LogP contribution is 2.12. The second-order valence-electron chi connectivity index (χ2n) is 4.63. The Kier molecular flexibility index (Phi) is 6.87. The molecule has 0 spiro atoms. The smallest absolute Gasteiger partial charge is 0.233 e. The second kappa shape index (κ2) is 8.17. The van der Waals surface area contributed by atoms with Gasteiger partial charge in [-0.3, -0.25) is 4.79 Å². The van der Waals surface area contributed by atoms with Gasteiger partial charge in [0.25, 0.3) is 0 Å². The Hall–Kier alpha value is -1.07. The first-order chi connectivity index (χ1) is 8.99. The van der Waals surface area contributed by atoms with Crippen molar-refractivity contribution in [2.45, 2.75) is 18.3 Å². The van der Waals surface area contributed by atoms with Crippen molar-refractivity contribution < 1.29 is 9.53 Å². The lowest BCUT2D eigenvalue weighted by Crippen LogP contribution is -2.28. The van der Waals surface area contributed by atoms with Crippen LogP contribution in [0.5, 0.6) is 5.75 Å². The molecule has 1 N–H and O–H groups in total. The molecule has 0 fully saturated rings. The van der Waals surface area contributed by atoms with Gasteiger partial charge in [0, 0.05) is 13.1 Å². The molecule has 1 aromatic carbocycles. The highest BCUT2D eigenvalue weighted by atomic mass is 79.9. The Morgan fingerprint density at radius 2 is 2.00 bits per heavy atom. The van der Waals surface area contributed by atoms with E-state index in [1.54, 1.807) is 6.92 Å². The largest absolute Gasteiger partial charge is 0.492 e. The molecule has 0 aliphatic carbocycles. The third-order valence-corrected chi connectivity index (χ3v) is 2.97. The standard InChI is InChI=1S/C14H21BrN2O2/c1-11(15)14(18)16-10-12-4-6-13(7-5-12)19-9-8-17(2)3/h4-7,11H,8-10H2,1-3H3,(H,16,18). The number of ether oxygens (including phenoxy) is 1. The van der Waals surface area contributed by atoms with E-state index in [1.807, 2.05) is 38.4 Å². The Balaban J connectivity index is 2.37. The van der Waals surface area contributed by atoms with Gasteiger partial charge in [0.05, 0.1) is 4.83 Å². The minimum atomic E-state index is -0.166. The first kappa shape index (κ1) is 16.0. The molecule has 0 saturated carbocycles. The Morgan fingerprint density at radius 1 is 1.37 bits per heavy atom. The summed E-state index contributed by atoms with van der Waals surface area (Å²) in [6, 6.07) is 7.78. The van der Waals surface area contributed by atoms with E-state index >= 15 is 0 Å². The van der Waals surface area contributed by atoms with Gasteiger partial charge in [0.15, 0.2) is 0 Å². The molecule has 0 saturated heterocycles. The van der Waals surface area contributed by atoms with Crippen molar-refractivity contribution >= 4 is 21.8 Å². The number of carbonyl (C=O) groups is 1. The van der Waals surface area contributed by atoms with Gasteiger partial charge in [0.1, 0.15) is 12.4 Å². The molecule has 5 heteroatoms. The van der Waals surface area contributed by atoms with Gasteiger partial charge in [-0.15, -0.1) is 0 Å². The summed E-state index contributed by atoms with van der Waals surface area (Å²) in [6.45, 7) is 3.90. The summed E-state index contributed by atoms with van der Waals surface area (Å²) >= 11 is 3.23. The molecule has 1 atom stereocenters. The number of amides is 1. The molecule has 0 aromatic heterocycles. The summed E-state index contributed by atoms with van der Waals surface area (Å²) in [4.78, 5) is 13.3. The van der Waals surface area contributed by atoms with Gasteiger partial charge in [0.2, 0.25) is 5.91 Å². The topological polar surface area (TPSA) is 41.6 Å². The maximum absolute atomic E-state index is 11.4. The lowest BCUT2D eigenvalue weighted by molar-refractivity contribution is -0.120. The van der Waals surface area contributed by atoms with Crippen LogP contribution in [0.15, 0.2) is 24.3 Å². The van der Waals surface area contributed by atoms with E-state index in [-0.39, 0.29) is 10.7 Å². The Bertz CT molecular complexity index is 391. The van der Waals surface area contributed by atoms with Gasteiger partial charge in [-0.25, -0.2) is 0 Å². The van der Waals surface area contributed by atoms with Gasteiger partial charge < -0.3 is 15.0 Å². The van der Waals surface area contributed by atoms with Crippen molar-refractivity contribution in [1.82, 2.24) is 10.2 Å². The number of rotatable bonds is 7. The fourth-order valence-electron chi connectivity index (χ4n) is 1.38. The maximum Gasteiger partial charge on any atom is 0.233 e. The van der Waals surface area contributed by atoms with Crippen LogP contribution in [0.25, 0.3) is 0 Å². The van der Waals surface area contributed by atoms with Crippen molar-refractivity contribution in [2.24, 2.45) is 0 Å². The predicted molar refractivity (Wildman–Crippen MR) is 80.7 cm³/mol. The van der Waals surface area contributed by atoms with Crippen LogP contribution in [-0.4, -0.2) is 42.9 Å². The quantitative estimate of drug-likeness (QED) is 0.779. The van der Waals surface area contributed by atoms with Crippen LogP contribution < -0.4 is 10.1 Å². The number of alkyl halides is 1. The number of likely N-dealkylation sites (N-methyl/N-ethyl adjacent to an activating group) is 1. The average molecular weight is 329 g/mol. The van der Waals surface area contributed by atoms with Crippen molar-refractivity contribution in [1.29, 1.82) is 0 Å². The zero-order chi connectivity index (χ0) is 14.3. The number of halogens is 1. The lowest BCUT2D eigenvalue weighted by Gasteiger charge is -2.11. The summed E-state index contributed by atoms with van der Waals surface area (Å²) < 4.78 is 5.60. The number of nitrogens with one attached hydrogen (secondary N) is 1. The maximum atomic E-state index is 11.4. The Labute approximate surface area is 123 Å².